The van der Waals surface area contributed by atoms with E-state index in [4.69, 9.17) is 9.47 Å². The second-order valence-corrected chi connectivity index (χ2v) is 5.69. The maximum absolute atomic E-state index is 12.6. The second-order valence-electron chi connectivity index (χ2n) is 4.59. The first-order valence-corrected chi connectivity index (χ1v) is 7.51. The van der Waals surface area contributed by atoms with Crippen LogP contribution in [-0.4, -0.2) is 24.8 Å². The van der Waals surface area contributed by atoms with Gasteiger partial charge < -0.3 is 9.47 Å². The highest BCUT2D eigenvalue weighted by Crippen LogP contribution is 2.27. The van der Waals surface area contributed by atoms with E-state index >= 15 is 0 Å². The van der Waals surface area contributed by atoms with Gasteiger partial charge in [0.1, 0.15) is 11.5 Å². The fraction of sp³-hybridized carbons (Fsp3) is 0.235. The van der Waals surface area contributed by atoms with Crippen molar-refractivity contribution in [3.63, 3.8) is 0 Å². The van der Waals surface area contributed by atoms with Crippen LogP contribution >= 0.6 is 15.9 Å². The highest BCUT2D eigenvalue weighted by molar-refractivity contribution is 9.10. The largest absolute Gasteiger partial charge is 0.497 e. The van der Waals surface area contributed by atoms with Gasteiger partial charge in [-0.2, -0.15) is 0 Å². The van der Waals surface area contributed by atoms with E-state index in [2.05, 4.69) is 15.9 Å². The molecule has 110 valence electrons. The Kier molecular flexibility index (Phi) is 5.39. The lowest BCUT2D eigenvalue weighted by atomic mass is 10.0. The van der Waals surface area contributed by atoms with Gasteiger partial charge in [-0.1, -0.05) is 46.3 Å². The Bertz CT molecular complexity index is 611. The Morgan fingerprint density at radius 1 is 1.10 bits per heavy atom. The van der Waals surface area contributed by atoms with E-state index < -0.39 is 0 Å². The van der Waals surface area contributed by atoms with Crippen LogP contribution in [0.4, 0.5) is 0 Å². The molecular weight excluding hydrogens is 332 g/mol. The van der Waals surface area contributed by atoms with Crippen molar-refractivity contribution < 1.29 is 14.3 Å². The van der Waals surface area contributed by atoms with Crippen LogP contribution in [0.15, 0.2) is 48.5 Å². The molecule has 0 N–H and O–H groups in total. The number of hydrogen-bond acceptors (Lipinski definition) is 3. The van der Waals surface area contributed by atoms with E-state index in [1.165, 1.54) is 0 Å². The molecule has 0 spiro atoms. The Labute approximate surface area is 133 Å². The Balaban J connectivity index is 2.19. The summed E-state index contributed by atoms with van der Waals surface area (Å²) in [6.07, 6.45) is 0.634. The third kappa shape index (κ3) is 3.85. The van der Waals surface area contributed by atoms with Crippen LogP contribution < -0.4 is 9.47 Å². The minimum Gasteiger partial charge on any atom is -0.497 e. The van der Waals surface area contributed by atoms with Crippen LogP contribution in [0.2, 0.25) is 0 Å². The van der Waals surface area contributed by atoms with Gasteiger partial charge in [0.15, 0.2) is 5.78 Å². The molecule has 2 aromatic carbocycles. The number of benzene rings is 2. The van der Waals surface area contributed by atoms with E-state index in [0.717, 1.165) is 5.56 Å². The van der Waals surface area contributed by atoms with Crippen molar-refractivity contribution in [1.29, 1.82) is 0 Å². The molecule has 0 aliphatic carbocycles. The zero-order chi connectivity index (χ0) is 15.2. The summed E-state index contributed by atoms with van der Waals surface area (Å²) in [4.78, 5) is 12.3. The molecule has 0 radical (unpaired) electrons. The van der Waals surface area contributed by atoms with Crippen LogP contribution in [0.25, 0.3) is 0 Å². The van der Waals surface area contributed by atoms with E-state index in [1.807, 2.05) is 30.3 Å². The molecule has 0 amide bonds. The lowest BCUT2D eigenvalue weighted by Crippen LogP contribution is -2.17. The summed E-state index contributed by atoms with van der Waals surface area (Å²) >= 11 is 3.48. The number of hydrogen-bond donors (Lipinski definition) is 0. The SMILES string of the molecule is COc1ccc(C(=O)C(Br)Cc2ccccc2)c(OC)c1. The smallest absolute Gasteiger partial charge is 0.180 e. The number of carbonyl (C=O) groups excluding carboxylic acids is 1. The molecule has 4 heteroatoms. The number of rotatable bonds is 6. The van der Waals surface area contributed by atoms with Gasteiger partial charge in [0.2, 0.25) is 0 Å². The average Bonchev–Trinajstić information content (AvgIpc) is 2.54. The summed E-state index contributed by atoms with van der Waals surface area (Å²) in [7, 11) is 3.13. The first kappa shape index (κ1) is 15.6. The maximum atomic E-state index is 12.6. The number of methoxy groups -OCH3 is 2. The molecule has 0 aliphatic rings. The Morgan fingerprint density at radius 2 is 1.81 bits per heavy atom. The maximum Gasteiger partial charge on any atom is 0.180 e. The number of carbonyl (C=O) groups is 1. The summed E-state index contributed by atoms with van der Waals surface area (Å²) in [5.41, 5.74) is 1.66. The molecule has 1 unspecified atom stereocenters. The van der Waals surface area contributed by atoms with Gasteiger partial charge in [-0.25, -0.2) is 0 Å². The third-order valence-electron chi connectivity index (χ3n) is 3.22. The van der Waals surface area contributed by atoms with Gasteiger partial charge >= 0.3 is 0 Å². The van der Waals surface area contributed by atoms with E-state index in [1.54, 1.807) is 32.4 Å². The van der Waals surface area contributed by atoms with Crippen molar-refractivity contribution in [2.75, 3.05) is 14.2 Å². The quantitative estimate of drug-likeness (QED) is 0.586. The van der Waals surface area contributed by atoms with Gasteiger partial charge in [0, 0.05) is 6.07 Å². The van der Waals surface area contributed by atoms with Gasteiger partial charge in [0.05, 0.1) is 24.6 Å². The molecule has 21 heavy (non-hydrogen) atoms. The molecule has 2 aromatic rings. The first-order chi connectivity index (χ1) is 10.2. The van der Waals surface area contributed by atoms with E-state index in [-0.39, 0.29) is 10.6 Å². The lowest BCUT2D eigenvalue weighted by molar-refractivity contribution is 0.0988. The lowest BCUT2D eigenvalue weighted by Gasteiger charge is -2.13. The van der Waals surface area contributed by atoms with Crippen molar-refractivity contribution in [3.8, 4) is 11.5 Å². The highest BCUT2D eigenvalue weighted by Gasteiger charge is 2.21. The fourth-order valence-corrected chi connectivity index (χ4v) is 2.70. The van der Waals surface area contributed by atoms with Crippen molar-refractivity contribution in [2.45, 2.75) is 11.2 Å². The normalized spacial score (nSPS) is 11.8. The van der Waals surface area contributed by atoms with Crippen molar-refractivity contribution >= 4 is 21.7 Å². The van der Waals surface area contributed by atoms with E-state index in [9.17, 15) is 4.79 Å². The van der Waals surface area contributed by atoms with Crippen molar-refractivity contribution in [3.05, 3.63) is 59.7 Å². The van der Waals surface area contributed by atoms with Crippen LogP contribution in [0.1, 0.15) is 15.9 Å². The molecular formula is C17H17BrO3. The number of Topliss-reactive ketones (excluding diaryl/α,β-unsaturated/α-hetero) is 1. The topological polar surface area (TPSA) is 35.5 Å². The molecule has 1 atom stereocenters. The minimum atomic E-state index is -0.290. The molecule has 3 nitrogen and oxygen atoms in total. The molecule has 0 bridgehead atoms. The van der Waals surface area contributed by atoms with Gasteiger partial charge in [-0.05, 0) is 24.1 Å². The van der Waals surface area contributed by atoms with Crippen molar-refractivity contribution in [2.24, 2.45) is 0 Å². The number of halogens is 1. The van der Waals surface area contributed by atoms with Crippen LogP contribution in [0.5, 0.6) is 11.5 Å². The molecule has 0 aliphatic heterocycles. The second kappa shape index (κ2) is 7.27. The standard InChI is InChI=1S/C17H17BrO3/c1-20-13-8-9-14(16(11-13)21-2)17(19)15(18)10-12-6-4-3-5-7-12/h3-9,11,15H,10H2,1-2H3. The molecule has 2 rings (SSSR count). The molecule has 0 saturated heterocycles. The summed E-state index contributed by atoms with van der Waals surface area (Å²) in [6, 6.07) is 15.1. The molecule has 0 saturated carbocycles. The van der Waals surface area contributed by atoms with Gasteiger partial charge in [0.25, 0.3) is 0 Å². The Morgan fingerprint density at radius 3 is 2.43 bits per heavy atom. The zero-order valence-electron chi connectivity index (χ0n) is 12.0. The minimum absolute atomic E-state index is 0.00152. The molecule has 0 heterocycles. The average molecular weight is 349 g/mol. The Hall–Kier alpha value is -1.81. The van der Waals surface area contributed by atoms with Crippen molar-refractivity contribution in [1.82, 2.24) is 0 Å². The zero-order valence-corrected chi connectivity index (χ0v) is 13.6. The number of alkyl halides is 1. The molecule has 0 fully saturated rings. The third-order valence-corrected chi connectivity index (χ3v) is 3.96. The molecule has 0 aromatic heterocycles. The van der Waals surface area contributed by atoms with Crippen LogP contribution in [-0.2, 0) is 6.42 Å². The van der Waals surface area contributed by atoms with Gasteiger partial charge in [-0.15, -0.1) is 0 Å². The highest BCUT2D eigenvalue weighted by atomic mass is 79.9. The van der Waals surface area contributed by atoms with E-state index in [0.29, 0.717) is 23.5 Å². The predicted octanol–water partition coefficient (Wildman–Crippen LogP) is 3.89. The summed E-state index contributed by atoms with van der Waals surface area (Å²) in [6.45, 7) is 0. The summed E-state index contributed by atoms with van der Waals surface area (Å²) in [5, 5.41) is 0. The first-order valence-electron chi connectivity index (χ1n) is 6.60. The predicted molar refractivity (Wildman–Crippen MR) is 86.7 cm³/mol. The number of ether oxygens (including phenoxy) is 2. The summed E-state index contributed by atoms with van der Waals surface area (Å²) < 4.78 is 10.4. The van der Waals surface area contributed by atoms with Crippen LogP contribution in [0, 0.1) is 0 Å². The van der Waals surface area contributed by atoms with Gasteiger partial charge in [-0.3, -0.25) is 4.79 Å². The fourth-order valence-electron chi connectivity index (χ4n) is 2.08. The monoisotopic (exact) mass is 348 g/mol. The summed E-state index contributed by atoms with van der Waals surface area (Å²) in [5.74, 6) is 1.19. The van der Waals surface area contributed by atoms with Crippen LogP contribution in [0.3, 0.4) is 0 Å². The number of ketones is 1.